The first-order valence-corrected chi connectivity index (χ1v) is 6.48. The number of aryl methyl sites for hydroxylation is 1. The van der Waals surface area contributed by atoms with E-state index in [2.05, 4.69) is 22.4 Å². The predicted octanol–water partition coefficient (Wildman–Crippen LogP) is 1.54. The molecule has 2 rings (SSSR count). The van der Waals surface area contributed by atoms with Gasteiger partial charge in [0, 0.05) is 13.0 Å². The van der Waals surface area contributed by atoms with E-state index in [-0.39, 0.29) is 0 Å². The fourth-order valence-electron chi connectivity index (χ4n) is 2.05. The molecule has 1 aromatic rings. The van der Waals surface area contributed by atoms with Gasteiger partial charge in [-0.1, -0.05) is 12.1 Å². The van der Waals surface area contributed by atoms with Crippen molar-refractivity contribution < 1.29 is 9.26 Å². The van der Waals surface area contributed by atoms with Crippen LogP contribution in [-0.2, 0) is 17.8 Å². The number of nitrogens with zero attached hydrogens (tertiary/aromatic N) is 2. The van der Waals surface area contributed by atoms with E-state index in [4.69, 9.17) is 9.26 Å². The van der Waals surface area contributed by atoms with E-state index in [9.17, 15) is 0 Å². The lowest BCUT2D eigenvalue weighted by Gasteiger charge is -2.21. The first-order chi connectivity index (χ1) is 8.38. The van der Waals surface area contributed by atoms with Gasteiger partial charge in [-0.25, -0.2) is 0 Å². The van der Waals surface area contributed by atoms with Gasteiger partial charge in [-0.3, -0.25) is 0 Å². The van der Waals surface area contributed by atoms with Crippen molar-refractivity contribution in [1.29, 1.82) is 0 Å². The van der Waals surface area contributed by atoms with Gasteiger partial charge in [0.2, 0.25) is 0 Å². The Morgan fingerprint density at radius 2 is 2.47 bits per heavy atom. The Labute approximate surface area is 102 Å². The topological polar surface area (TPSA) is 60.2 Å². The van der Waals surface area contributed by atoms with E-state index >= 15 is 0 Å². The van der Waals surface area contributed by atoms with Crippen LogP contribution in [0.2, 0.25) is 0 Å². The van der Waals surface area contributed by atoms with Gasteiger partial charge in [0.25, 0.3) is 5.89 Å². The van der Waals surface area contributed by atoms with Crippen LogP contribution in [-0.4, -0.2) is 29.8 Å². The molecule has 1 N–H and O–H groups in total. The Balaban J connectivity index is 1.66. The summed E-state index contributed by atoms with van der Waals surface area (Å²) in [5, 5.41) is 7.27. The van der Waals surface area contributed by atoms with E-state index in [1.54, 1.807) is 0 Å². The number of nitrogens with one attached hydrogen (secondary N) is 1. The fraction of sp³-hybridized carbons (Fsp3) is 0.833. The quantitative estimate of drug-likeness (QED) is 0.816. The molecule has 0 bridgehead atoms. The predicted molar refractivity (Wildman–Crippen MR) is 63.5 cm³/mol. The summed E-state index contributed by atoms with van der Waals surface area (Å²) >= 11 is 0. The third-order valence-corrected chi connectivity index (χ3v) is 2.96. The molecule has 5 heteroatoms. The SMILES string of the molecule is CCCc1noc(COCC2CCCNC2)n1. The normalized spacial score (nSPS) is 20.6. The summed E-state index contributed by atoms with van der Waals surface area (Å²) in [6.45, 7) is 5.51. The summed E-state index contributed by atoms with van der Waals surface area (Å²) in [5.74, 6) is 2.00. The van der Waals surface area contributed by atoms with E-state index in [1.165, 1.54) is 12.8 Å². The van der Waals surface area contributed by atoms with Gasteiger partial charge in [0.1, 0.15) is 6.61 Å². The highest BCUT2D eigenvalue weighted by Gasteiger charge is 2.13. The number of hydrogen-bond acceptors (Lipinski definition) is 5. The van der Waals surface area contributed by atoms with Crippen LogP contribution < -0.4 is 5.32 Å². The van der Waals surface area contributed by atoms with Gasteiger partial charge in [-0.05, 0) is 31.7 Å². The van der Waals surface area contributed by atoms with Crippen LogP contribution in [0.3, 0.4) is 0 Å². The van der Waals surface area contributed by atoms with Crippen molar-refractivity contribution in [3.63, 3.8) is 0 Å². The molecular weight excluding hydrogens is 218 g/mol. The minimum absolute atomic E-state index is 0.438. The summed E-state index contributed by atoms with van der Waals surface area (Å²) in [6.07, 6.45) is 4.40. The number of piperidine rings is 1. The lowest BCUT2D eigenvalue weighted by atomic mass is 10.0. The summed E-state index contributed by atoms with van der Waals surface area (Å²) in [4.78, 5) is 4.26. The zero-order valence-corrected chi connectivity index (χ0v) is 10.4. The zero-order chi connectivity index (χ0) is 11.9. The smallest absolute Gasteiger partial charge is 0.252 e. The molecule has 1 unspecified atom stereocenters. The zero-order valence-electron chi connectivity index (χ0n) is 10.4. The third kappa shape index (κ3) is 4.09. The molecule has 2 heterocycles. The average molecular weight is 239 g/mol. The van der Waals surface area contributed by atoms with Crippen molar-refractivity contribution in [3.8, 4) is 0 Å². The van der Waals surface area contributed by atoms with Crippen molar-refractivity contribution in [1.82, 2.24) is 15.5 Å². The van der Waals surface area contributed by atoms with Gasteiger partial charge in [-0.15, -0.1) is 0 Å². The minimum atomic E-state index is 0.438. The molecule has 0 amide bonds. The second-order valence-electron chi connectivity index (χ2n) is 4.58. The Morgan fingerprint density at radius 1 is 1.53 bits per heavy atom. The molecule has 0 aromatic carbocycles. The van der Waals surface area contributed by atoms with Gasteiger partial charge in [-0.2, -0.15) is 4.98 Å². The Hall–Kier alpha value is -0.940. The molecular formula is C12H21N3O2. The Kier molecular flexibility index (Phi) is 4.94. The lowest BCUT2D eigenvalue weighted by molar-refractivity contribution is 0.0619. The summed E-state index contributed by atoms with van der Waals surface area (Å²) in [6, 6.07) is 0. The summed E-state index contributed by atoms with van der Waals surface area (Å²) < 4.78 is 10.7. The van der Waals surface area contributed by atoms with Crippen molar-refractivity contribution in [2.75, 3.05) is 19.7 Å². The highest BCUT2D eigenvalue weighted by Crippen LogP contribution is 2.11. The van der Waals surface area contributed by atoms with Crippen LogP contribution >= 0.6 is 0 Å². The third-order valence-electron chi connectivity index (χ3n) is 2.96. The highest BCUT2D eigenvalue weighted by atomic mass is 16.5. The van der Waals surface area contributed by atoms with E-state index in [1.807, 2.05) is 0 Å². The van der Waals surface area contributed by atoms with Crippen molar-refractivity contribution in [2.24, 2.45) is 5.92 Å². The molecule has 17 heavy (non-hydrogen) atoms. The van der Waals surface area contributed by atoms with Crippen LogP contribution in [0.4, 0.5) is 0 Å². The van der Waals surface area contributed by atoms with Crippen LogP contribution in [0.15, 0.2) is 4.52 Å². The van der Waals surface area contributed by atoms with E-state index in [0.29, 0.717) is 18.4 Å². The van der Waals surface area contributed by atoms with Gasteiger partial charge in [0.05, 0.1) is 6.61 Å². The molecule has 1 fully saturated rings. The first-order valence-electron chi connectivity index (χ1n) is 6.48. The monoisotopic (exact) mass is 239 g/mol. The van der Waals surface area contributed by atoms with Crippen LogP contribution in [0.1, 0.15) is 37.9 Å². The largest absolute Gasteiger partial charge is 0.371 e. The molecule has 0 aliphatic carbocycles. The molecule has 0 spiro atoms. The second kappa shape index (κ2) is 6.71. The molecule has 1 aromatic heterocycles. The maximum absolute atomic E-state index is 5.61. The highest BCUT2D eigenvalue weighted by molar-refractivity contribution is 4.84. The number of hydrogen-bond donors (Lipinski definition) is 1. The number of aromatic nitrogens is 2. The molecule has 5 nitrogen and oxygen atoms in total. The molecule has 96 valence electrons. The van der Waals surface area contributed by atoms with E-state index < -0.39 is 0 Å². The van der Waals surface area contributed by atoms with Gasteiger partial charge < -0.3 is 14.6 Å². The maximum atomic E-state index is 5.61. The molecule has 0 radical (unpaired) electrons. The lowest BCUT2D eigenvalue weighted by Crippen LogP contribution is -2.32. The Bertz CT molecular complexity index is 321. The molecule has 1 saturated heterocycles. The minimum Gasteiger partial charge on any atom is -0.371 e. The van der Waals surface area contributed by atoms with Gasteiger partial charge in [0.15, 0.2) is 5.82 Å². The summed E-state index contributed by atoms with van der Waals surface area (Å²) in [7, 11) is 0. The number of ether oxygens (including phenoxy) is 1. The molecule has 0 saturated carbocycles. The van der Waals surface area contributed by atoms with Crippen molar-refractivity contribution in [3.05, 3.63) is 11.7 Å². The number of rotatable bonds is 6. The standard InChI is InChI=1S/C12H21N3O2/c1-2-4-11-14-12(17-15-11)9-16-8-10-5-3-6-13-7-10/h10,13H,2-9H2,1H3. The van der Waals surface area contributed by atoms with E-state index in [0.717, 1.165) is 38.4 Å². The summed E-state index contributed by atoms with van der Waals surface area (Å²) in [5.41, 5.74) is 0. The molecule has 1 atom stereocenters. The molecule has 1 aliphatic rings. The van der Waals surface area contributed by atoms with Crippen molar-refractivity contribution in [2.45, 2.75) is 39.2 Å². The second-order valence-corrected chi connectivity index (χ2v) is 4.58. The van der Waals surface area contributed by atoms with Crippen LogP contribution in [0, 0.1) is 5.92 Å². The van der Waals surface area contributed by atoms with Crippen molar-refractivity contribution >= 4 is 0 Å². The average Bonchev–Trinajstić information content (AvgIpc) is 2.79. The first kappa shape index (κ1) is 12.5. The Morgan fingerprint density at radius 3 is 3.24 bits per heavy atom. The fourth-order valence-corrected chi connectivity index (χ4v) is 2.05. The van der Waals surface area contributed by atoms with Crippen LogP contribution in [0.25, 0.3) is 0 Å². The molecule has 1 aliphatic heterocycles. The van der Waals surface area contributed by atoms with Crippen LogP contribution in [0.5, 0.6) is 0 Å². The van der Waals surface area contributed by atoms with Gasteiger partial charge >= 0.3 is 0 Å². The maximum Gasteiger partial charge on any atom is 0.252 e.